The number of nitrogens with zero attached hydrogens (tertiary/aromatic N) is 2. The first-order valence-corrected chi connectivity index (χ1v) is 8.87. The molecular formula is C17H25BN2O2. The molecule has 0 bridgehead atoms. The highest BCUT2D eigenvalue weighted by Gasteiger charge is 2.61. The molecule has 5 heteroatoms. The zero-order valence-corrected chi connectivity index (χ0v) is 13.5. The standard InChI is InChI=1S/C17H25BN2O2/c1-14-19-12-15(13-20-14)18-21-16(8-4-2-5-9-16)17(22-18)10-6-3-7-11-17/h12-13H,2-11H2,1H3. The van der Waals surface area contributed by atoms with Crippen LogP contribution in [0.15, 0.2) is 12.4 Å². The van der Waals surface area contributed by atoms with Crippen molar-refractivity contribution < 1.29 is 9.31 Å². The van der Waals surface area contributed by atoms with E-state index in [9.17, 15) is 0 Å². The fraction of sp³-hybridized carbons (Fsp3) is 0.765. The second kappa shape index (κ2) is 5.61. The molecule has 2 aliphatic carbocycles. The minimum Gasteiger partial charge on any atom is -0.399 e. The predicted octanol–water partition coefficient (Wildman–Crippen LogP) is 2.93. The van der Waals surface area contributed by atoms with Crippen molar-refractivity contribution in [3.63, 3.8) is 0 Å². The van der Waals surface area contributed by atoms with Gasteiger partial charge in [0.25, 0.3) is 0 Å². The van der Waals surface area contributed by atoms with Crippen LogP contribution in [0.4, 0.5) is 0 Å². The molecule has 1 aliphatic heterocycles. The maximum atomic E-state index is 6.61. The van der Waals surface area contributed by atoms with Crippen LogP contribution in [-0.4, -0.2) is 28.3 Å². The van der Waals surface area contributed by atoms with Crippen LogP contribution >= 0.6 is 0 Å². The molecule has 2 spiro atoms. The molecule has 2 heterocycles. The maximum Gasteiger partial charge on any atom is 0.498 e. The Bertz CT molecular complexity index is 496. The third-order valence-corrected chi connectivity index (χ3v) is 5.89. The van der Waals surface area contributed by atoms with Crippen LogP contribution in [0.5, 0.6) is 0 Å². The molecule has 0 unspecified atom stereocenters. The van der Waals surface area contributed by atoms with Crippen LogP contribution in [0, 0.1) is 6.92 Å². The highest BCUT2D eigenvalue weighted by Crippen LogP contribution is 2.53. The summed E-state index contributed by atoms with van der Waals surface area (Å²) in [5.41, 5.74) is 0.834. The molecular weight excluding hydrogens is 275 g/mol. The molecule has 4 rings (SSSR count). The van der Waals surface area contributed by atoms with Crippen LogP contribution in [0.1, 0.15) is 70.0 Å². The molecule has 1 aromatic heterocycles. The molecule has 118 valence electrons. The van der Waals surface area contributed by atoms with Crippen LogP contribution < -0.4 is 5.46 Å². The minimum absolute atomic E-state index is 0.0682. The monoisotopic (exact) mass is 300 g/mol. The first-order chi connectivity index (χ1) is 10.7. The Morgan fingerprint density at radius 3 is 1.73 bits per heavy atom. The number of rotatable bonds is 1. The Labute approximate surface area is 133 Å². The summed E-state index contributed by atoms with van der Waals surface area (Å²) in [5, 5.41) is 0. The van der Waals surface area contributed by atoms with Crippen molar-refractivity contribution in [2.45, 2.75) is 82.3 Å². The van der Waals surface area contributed by atoms with Gasteiger partial charge in [0.1, 0.15) is 5.82 Å². The van der Waals surface area contributed by atoms with E-state index >= 15 is 0 Å². The molecule has 1 aromatic rings. The van der Waals surface area contributed by atoms with E-state index in [0.717, 1.165) is 37.0 Å². The van der Waals surface area contributed by atoms with E-state index in [0.29, 0.717) is 0 Å². The Hall–Kier alpha value is -0.935. The Kier molecular flexibility index (Phi) is 3.73. The smallest absolute Gasteiger partial charge is 0.399 e. The summed E-state index contributed by atoms with van der Waals surface area (Å²) in [7, 11) is -0.281. The van der Waals surface area contributed by atoms with Crippen molar-refractivity contribution in [3.05, 3.63) is 18.2 Å². The lowest BCUT2D eigenvalue weighted by Crippen LogP contribution is -2.53. The Balaban J connectivity index is 1.65. The van der Waals surface area contributed by atoms with Gasteiger partial charge in [-0.25, -0.2) is 9.97 Å². The first-order valence-electron chi connectivity index (χ1n) is 8.87. The third-order valence-electron chi connectivity index (χ3n) is 5.89. The van der Waals surface area contributed by atoms with Crippen LogP contribution in [0.2, 0.25) is 0 Å². The lowest BCUT2D eigenvalue weighted by atomic mass is 9.66. The highest BCUT2D eigenvalue weighted by molar-refractivity contribution is 6.61. The first kappa shape index (κ1) is 14.6. The predicted molar refractivity (Wildman–Crippen MR) is 86.0 cm³/mol. The number of fused-ring (bicyclic) bond motifs is 1. The van der Waals surface area contributed by atoms with Gasteiger partial charge in [0.05, 0.1) is 11.2 Å². The van der Waals surface area contributed by atoms with E-state index in [-0.39, 0.29) is 18.3 Å². The summed E-state index contributed by atoms with van der Waals surface area (Å²) >= 11 is 0. The van der Waals surface area contributed by atoms with Gasteiger partial charge in [-0.3, -0.25) is 0 Å². The summed E-state index contributed by atoms with van der Waals surface area (Å²) in [6.45, 7) is 1.91. The van der Waals surface area contributed by atoms with Gasteiger partial charge >= 0.3 is 7.12 Å². The fourth-order valence-corrected chi connectivity index (χ4v) is 4.70. The molecule has 3 aliphatic rings. The van der Waals surface area contributed by atoms with Crippen LogP contribution in [0.25, 0.3) is 0 Å². The van der Waals surface area contributed by atoms with Gasteiger partial charge in [-0.05, 0) is 32.6 Å². The van der Waals surface area contributed by atoms with E-state index in [1.54, 1.807) is 0 Å². The normalized spacial score (nSPS) is 26.7. The van der Waals surface area contributed by atoms with Crippen molar-refractivity contribution in [3.8, 4) is 0 Å². The molecule has 0 atom stereocenters. The number of hydrogen-bond donors (Lipinski definition) is 0. The van der Waals surface area contributed by atoms with Gasteiger partial charge in [0.2, 0.25) is 0 Å². The second-order valence-corrected chi connectivity index (χ2v) is 7.24. The molecule has 1 saturated heterocycles. The van der Waals surface area contributed by atoms with Gasteiger partial charge in [-0.15, -0.1) is 0 Å². The molecule has 0 amide bonds. The van der Waals surface area contributed by atoms with Crippen LogP contribution in [-0.2, 0) is 9.31 Å². The molecule has 0 N–H and O–H groups in total. The minimum atomic E-state index is -0.281. The molecule has 2 saturated carbocycles. The highest BCUT2D eigenvalue weighted by atomic mass is 16.7. The van der Waals surface area contributed by atoms with Crippen molar-refractivity contribution in [1.29, 1.82) is 0 Å². The van der Waals surface area contributed by atoms with Gasteiger partial charge in [-0.1, -0.05) is 38.5 Å². The lowest BCUT2D eigenvalue weighted by molar-refractivity contribution is -0.0923. The lowest BCUT2D eigenvalue weighted by Gasteiger charge is -2.48. The van der Waals surface area contributed by atoms with Gasteiger partial charge < -0.3 is 9.31 Å². The largest absolute Gasteiger partial charge is 0.498 e. The molecule has 4 nitrogen and oxygen atoms in total. The maximum absolute atomic E-state index is 6.61. The van der Waals surface area contributed by atoms with E-state index in [1.807, 2.05) is 19.3 Å². The molecule has 3 fully saturated rings. The van der Waals surface area contributed by atoms with Crippen molar-refractivity contribution >= 4 is 12.6 Å². The Morgan fingerprint density at radius 1 is 0.818 bits per heavy atom. The van der Waals surface area contributed by atoms with Gasteiger partial charge in [0, 0.05) is 17.9 Å². The number of aromatic nitrogens is 2. The molecule has 0 aromatic carbocycles. The molecule has 0 radical (unpaired) electrons. The fourth-order valence-electron chi connectivity index (χ4n) is 4.70. The SMILES string of the molecule is Cc1ncc(B2OC3(CCCCC3)C3(CCCCC3)O2)cn1. The van der Waals surface area contributed by atoms with E-state index < -0.39 is 0 Å². The zero-order chi connectivity index (χ0) is 15.0. The summed E-state index contributed by atoms with van der Waals surface area (Å²) in [4.78, 5) is 8.64. The second-order valence-electron chi connectivity index (χ2n) is 7.24. The average Bonchev–Trinajstić information content (AvgIpc) is 2.83. The van der Waals surface area contributed by atoms with Crippen molar-refractivity contribution in [2.75, 3.05) is 0 Å². The Morgan fingerprint density at radius 2 is 1.27 bits per heavy atom. The zero-order valence-electron chi connectivity index (χ0n) is 13.5. The summed E-state index contributed by atoms with van der Waals surface area (Å²) in [5.74, 6) is 0.793. The van der Waals surface area contributed by atoms with E-state index in [4.69, 9.17) is 9.31 Å². The van der Waals surface area contributed by atoms with Gasteiger partial charge in [0.15, 0.2) is 0 Å². The van der Waals surface area contributed by atoms with Crippen molar-refractivity contribution in [2.24, 2.45) is 0 Å². The van der Waals surface area contributed by atoms with Crippen LogP contribution in [0.3, 0.4) is 0 Å². The van der Waals surface area contributed by atoms with E-state index in [1.165, 1.54) is 38.5 Å². The summed E-state index contributed by atoms with van der Waals surface area (Å²) in [6.07, 6.45) is 16.1. The summed E-state index contributed by atoms with van der Waals surface area (Å²) < 4.78 is 13.2. The number of hydrogen-bond acceptors (Lipinski definition) is 4. The third kappa shape index (κ3) is 2.30. The summed E-state index contributed by atoms with van der Waals surface area (Å²) in [6, 6.07) is 0. The topological polar surface area (TPSA) is 44.2 Å². The quantitative estimate of drug-likeness (QED) is 0.748. The van der Waals surface area contributed by atoms with E-state index in [2.05, 4.69) is 9.97 Å². The average molecular weight is 300 g/mol. The number of aryl methyl sites for hydroxylation is 1. The van der Waals surface area contributed by atoms with Crippen molar-refractivity contribution in [1.82, 2.24) is 9.97 Å². The molecule has 22 heavy (non-hydrogen) atoms. The van der Waals surface area contributed by atoms with Gasteiger partial charge in [-0.2, -0.15) is 0 Å².